The molecular formula is C15H23N3O3. The zero-order chi connectivity index (χ0) is 15.2. The second kappa shape index (κ2) is 7.26. The van der Waals surface area contributed by atoms with E-state index in [2.05, 4.69) is 17.1 Å². The van der Waals surface area contributed by atoms with E-state index < -0.39 is 0 Å². The third kappa shape index (κ3) is 4.32. The summed E-state index contributed by atoms with van der Waals surface area (Å²) in [5, 5.41) is 2.91. The van der Waals surface area contributed by atoms with Crippen molar-refractivity contribution in [3.63, 3.8) is 0 Å². The maximum atomic E-state index is 12.1. The SMILES string of the molecule is CCN(C)CCNC(=O)[C@H]1CC(=O)N(Cc2ccco2)C1. The fraction of sp³-hybridized carbons (Fsp3) is 0.600. The highest BCUT2D eigenvalue weighted by Gasteiger charge is 2.34. The van der Waals surface area contributed by atoms with Gasteiger partial charge in [-0.3, -0.25) is 9.59 Å². The topological polar surface area (TPSA) is 65.8 Å². The van der Waals surface area contributed by atoms with E-state index in [1.807, 2.05) is 13.1 Å². The molecule has 0 bridgehead atoms. The van der Waals surface area contributed by atoms with Crippen LogP contribution in [-0.4, -0.2) is 54.8 Å². The lowest BCUT2D eigenvalue weighted by atomic mass is 10.1. The fourth-order valence-corrected chi connectivity index (χ4v) is 2.36. The smallest absolute Gasteiger partial charge is 0.225 e. The van der Waals surface area contributed by atoms with Crippen LogP contribution in [0.2, 0.25) is 0 Å². The molecule has 1 aromatic heterocycles. The fourth-order valence-electron chi connectivity index (χ4n) is 2.36. The van der Waals surface area contributed by atoms with Gasteiger partial charge in [0.1, 0.15) is 5.76 Å². The average Bonchev–Trinajstić information content (AvgIpc) is 3.09. The summed E-state index contributed by atoms with van der Waals surface area (Å²) in [5.41, 5.74) is 0. The highest BCUT2D eigenvalue weighted by Crippen LogP contribution is 2.20. The van der Waals surface area contributed by atoms with Crippen molar-refractivity contribution in [3.05, 3.63) is 24.2 Å². The largest absolute Gasteiger partial charge is 0.467 e. The number of likely N-dealkylation sites (tertiary alicyclic amines) is 1. The predicted octanol–water partition coefficient (Wildman–Crippen LogP) is 0.696. The lowest BCUT2D eigenvalue weighted by molar-refractivity contribution is -0.129. The van der Waals surface area contributed by atoms with Crippen LogP contribution in [0.3, 0.4) is 0 Å². The second-order valence-corrected chi connectivity index (χ2v) is 5.44. The predicted molar refractivity (Wildman–Crippen MR) is 78.4 cm³/mol. The van der Waals surface area contributed by atoms with Crippen molar-refractivity contribution in [1.82, 2.24) is 15.1 Å². The number of hydrogen-bond acceptors (Lipinski definition) is 4. The maximum Gasteiger partial charge on any atom is 0.225 e. The van der Waals surface area contributed by atoms with Crippen LogP contribution in [0.5, 0.6) is 0 Å². The molecule has 2 rings (SSSR count). The molecule has 6 nitrogen and oxygen atoms in total. The molecule has 0 saturated carbocycles. The number of hydrogen-bond donors (Lipinski definition) is 1. The zero-order valence-electron chi connectivity index (χ0n) is 12.7. The first-order valence-electron chi connectivity index (χ1n) is 7.36. The Kier molecular flexibility index (Phi) is 5.38. The summed E-state index contributed by atoms with van der Waals surface area (Å²) >= 11 is 0. The summed E-state index contributed by atoms with van der Waals surface area (Å²) in [4.78, 5) is 27.8. The first-order valence-corrected chi connectivity index (χ1v) is 7.36. The number of carbonyl (C=O) groups is 2. The Balaban J connectivity index is 1.77. The molecule has 0 spiro atoms. The van der Waals surface area contributed by atoms with E-state index in [4.69, 9.17) is 4.42 Å². The third-order valence-electron chi connectivity index (χ3n) is 3.84. The second-order valence-electron chi connectivity index (χ2n) is 5.44. The Morgan fingerprint density at radius 2 is 2.38 bits per heavy atom. The number of carbonyl (C=O) groups excluding carboxylic acids is 2. The molecular weight excluding hydrogens is 270 g/mol. The third-order valence-corrected chi connectivity index (χ3v) is 3.84. The molecule has 1 aliphatic rings. The van der Waals surface area contributed by atoms with Gasteiger partial charge in [-0.2, -0.15) is 0 Å². The van der Waals surface area contributed by atoms with Crippen LogP contribution < -0.4 is 5.32 Å². The molecule has 0 aliphatic carbocycles. The summed E-state index contributed by atoms with van der Waals surface area (Å²) in [6.07, 6.45) is 1.88. The van der Waals surface area contributed by atoms with E-state index in [1.54, 1.807) is 17.2 Å². The van der Waals surface area contributed by atoms with Gasteiger partial charge in [-0.1, -0.05) is 6.92 Å². The van der Waals surface area contributed by atoms with E-state index in [9.17, 15) is 9.59 Å². The van der Waals surface area contributed by atoms with Crippen LogP contribution in [0.4, 0.5) is 0 Å². The van der Waals surface area contributed by atoms with Crippen molar-refractivity contribution in [2.75, 3.05) is 33.2 Å². The minimum atomic E-state index is -0.251. The number of nitrogens with one attached hydrogen (secondary N) is 1. The van der Waals surface area contributed by atoms with Crippen LogP contribution in [0.1, 0.15) is 19.1 Å². The Bertz CT molecular complexity index is 473. The van der Waals surface area contributed by atoms with Crippen molar-refractivity contribution in [3.8, 4) is 0 Å². The molecule has 1 N–H and O–H groups in total. The number of likely N-dealkylation sites (N-methyl/N-ethyl adjacent to an activating group) is 1. The van der Waals surface area contributed by atoms with E-state index in [0.717, 1.165) is 18.8 Å². The molecule has 6 heteroatoms. The van der Waals surface area contributed by atoms with Crippen molar-refractivity contribution < 1.29 is 14.0 Å². The molecule has 1 saturated heterocycles. The maximum absolute atomic E-state index is 12.1. The first-order chi connectivity index (χ1) is 10.1. The van der Waals surface area contributed by atoms with Crippen LogP contribution in [0, 0.1) is 5.92 Å². The van der Waals surface area contributed by atoms with E-state index in [-0.39, 0.29) is 24.2 Å². The number of nitrogens with zero attached hydrogens (tertiary/aromatic N) is 2. The van der Waals surface area contributed by atoms with Gasteiger partial charge in [0.05, 0.1) is 18.7 Å². The summed E-state index contributed by atoms with van der Waals surface area (Å²) in [6, 6.07) is 3.63. The summed E-state index contributed by atoms with van der Waals surface area (Å²) in [5.74, 6) is 0.473. The quantitative estimate of drug-likeness (QED) is 0.803. The molecule has 1 fully saturated rings. The summed E-state index contributed by atoms with van der Waals surface area (Å²) < 4.78 is 5.24. The number of furan rings is 1. The van der Waals surface area contributed by atoms with Gasteiger partial charge < -0.3 is 19.5 Å². The monoisotopic (exact) mass is 293 g/mol. The van der Waals surface area contributed by atoms with Crippen molar-refractivity contribution >= 4 is 11.8 Å². The van der Waals surface area contributed by atoms with E-state index >= 15 is 0 Å². The zero-order valence-corrected chi connectivity index (χ0v) is 12.7. The van der Waals surface area contributed by atoms with Crippen molar-refractivity contribution in [2.24, 2.45) is 5.92 Å². The van der Waals surface area contributed by atoms with Crippen LogP contribution in [0.15, 0.2) is 22.8 Å². The molecule has 21 heavy (non-hydrogen) atoms. The molecule has 116 valence electrons. The van der Waals surface area contributed by atoms with Crippen molar-refractivity contribution in [2.45, 2.75) is 19.9 Å². The minimum absolute atomic E-state index is 0.0113. The van der Waals surface area contributed by atoms with Gasteiger partial charge in [0.2, 0.25) is 11.8 Å². The molecule has 0 unspecified atom stereocenters. The van der Waals surface area contributed by atoms with Gasteiger partial charge in [0.15, 0.2) is 0 Å². The molecule has 0 aromatic carbocycles. The van der Waals surface area contributed by atoms with Gasteiger partial charge in [0.25, 0.3) is 0 Å². The van der Waals surface area contributed by atoms with Gasteiger partial charge in [0, 0.05) is 26.1 Å². The standard InChI is InChI=1S/C15H23N3O3/c1-3-17(2)7-6-16-15(20)12-9-14(19)18(10-12)11-13-5-4-8-21-13/h4-5,8,12H,3,6-7,9-11H2,1-2H3,(H,16,20)/t12-/m0/s1. The lowest BCUT2D eigenvalue weighted by Gasteiger charge is -2.16. The molecule has 1 atom stereocenters. The Hall–Kier alpha value is -1.82. The minimum Gasteiger partial charge on any atom is -0.467 e. The van der Waals surface area contributed by atoms with Gasteiger partial charge in [-0.05, 0) is 25.7 Å². The number of rotatable bonds is 7. The van der Waals surface area contributed by atoms with E-state index in [0.29, 0.717) is 19.6 Å². The normalized spacial score (nSPS) is 18.5. The van der Waals surface area contributed by atoms with Crippen molar-refractivity contribution in [1.29, 1.82) is 0 Å². The Labute approximate surface area is 125 Å². The Morgan fingerprint density at radius 1 is 1.57 bits per heavy atom. The van der Waals surface area contributed by atoms with Crippen LogP contribution in [-0.2, 0) is 16.1 Å². The highest BCUT2D eigenvalue weighted by molar-refractivity contribution is 5.89. The molecule has 2 heterocycles. The summed E-state index contributed by atoms with van der Waals surface area (Å²) in [6.45, 7) is 5.37. The molecule has 2 amide bonds. The van der Waals surface area contributed by atoms with Gasteiger partial charge in [-0.25, -0.2) is 0 Å². The molecule has 0 radical (unpaired) electrons. The summed E-state index contributed by atoms with van der Waals surface area (Å²) in [7, 11) is 2.01. The Morgan fingerprint density at radius 3 is 3.05 bits per heavy atom. The van der Waals surface area contributed by atoms with Gasteiger partial charge in [-0.15, -0.1) is 0 Å². The molecule has 1 aliphatic heterocycles. The van der Waals surface area contributed by atoms with E-state index in [1.165, 1.54) is 0 Å². The lowest BCUT2D eigenvalue weighted by Crippen LogP contribution is -2.37. The highest BCUT2D eigenvalue weighted by atomic mass is 16.3. The molecule has 1 aromatic rings. The first kappa shape index (κ1) is 15.6. The average molecular weight is 293 g/mol. The van der Waals surface area contributed by atoms with Gasteiger partial charge >= 0.3 is 0 Å². The number of amides is 2. The van der Waals surface area contributed by atoms with Crippen LogP contribution in [0.25, 0.3) is 0 Å². The van der Waals surface area contributed by atoms with Crippen LogP contribution >= 0.6 is 0 Å².